The quantitative estimate of drug-likeness (QED) is 0.216. The van der Waals surface area contributed by atoms with Gasteiger partial charge in [-0.3, -0.25) is 14.4 Å². The molecule has 1 saturated heterocycles. The lowest BCUT2D eigenvalue weighted by molar-refractivity contribution is -0.134. The van der Waals surface area contributed by atoms with Gasteiger partial charge in [-0.25, -0.2) is 0 Å². The zero-order chi connectivity index (χ0) is 29.8. The number of fused-ring (bicyclic) bond motifs is 5. The average molecular weight is 579 g/mol. The van der Waals surface area contributed by atoms with E-state index in [4.69, 9.17) is 0 Å². The molecule has 2 aliphatic carbocycles. The van der Waals surface area contributed by atoms with E-state index in [2.05, 4.69) is 48.5 Å². The van der Waals surface area contributed by atoms with Crippen LogP contribution in [0.3, 0.4) is 0 Å². The summed E-state index contributed by atoms with van der Waals surface area (Å²) in [5, 5.41) is 4.39. The first-order chi connectivity index (χ1) is 21.6. The molecular formula is C39H34N2O3. The lowest BCUT2D eigenvalue weighted by atomic mass is 9.68. The van der Waals surface area contributed by atoms with Crippen molar-refractivity contribution in [3.63, 3.8) is 0 Å². The molecule has 5 heteroatoms. The molecule has 5 nitrogen and oxygen atoms in total. The third kappa shape index (κ3) is 4.59. The summed E-state index contributed by atoms with van der Waals surface area (Å²) in [5.74, 6) is 0.0438. The number of piperazine rings is 1. The fraction of sp³-hybridized carbons (Fsp3) is 0.256. The van der Waals surface area contributed by atoms with E-state index < -0.39 is 5.92 Å². The van der Waals surface area contributed by atoms with Gasteiger partial charge in [0, 0.05) is 49.1 Å². The first-order valence-electron chi connectivity index (χ1n) is 15.8. The number of amides is 2. The van der Waals surface area contributed by atoms with Crippen LogP contribution in [-0.2, 0) is 11.2 Å². The fourth-order valence-electron chi connectivity index (χ4n) is 7.45. The molecule has 44 heavy (non-hydrogen) atoms. The molecule has 0 aromatic heterocycles. The summed E-state index contributed by atoms with van der Waals surface area (Å²) in [6.45, 7) is 2.22. The maximum absolute atomic E-state index is 14.8. The van der Waals surface area contributed by atoms with Crippen molar-refractivity contribution in [1.29, 1.82) is 0 Å². The Balaban J connectivity index is 1.16. The third-order valence-electron chi connectivity index (χ3n) is 9.91. The van der Waals surface area contributed by atoms with Crippen LogP contribution < -0.4 is 0 Å². The predicted octanol–water partition coefficient (Wildman–Crippen LogP) is 6.99. The molecule has 0 radical (unpaired) electrons. The first-order valence-corrected chi connectivity index (χ1v) is 15.8. The minimum atomic E-state index is -0.414. The van der Waals surface area contributed by atoms with Crippen molar-refractivity contribution >= 4 is 39.1 Å². The van der Waals surface area contributed by atoms with E-state index in [1.54, 1.807) is 0 Å². The molecular weight excluding hydrogens is 544 g/mol. The Hall–Kier alpha value is -4.77. The number of ketones is 1. The van der Waals surface area contributed by atoms with Gasteiger partial charge in [-0.2, -0.15) is 0 Å². The summed E-state index contributed by atoms with van der Waals surface area (Å²) in [6, 6.07) is 34.9. The summed E-state index contributed by atoms with van der Waals surface area (Å²) in [4.78, 5) is 44.8. The molecule has 2 unspecified atom stereocenters. The van der Waals surface area contributed by atoms with Crippen LogP contribution >= 0.6 is 0 Å². The molecule has 2 atom stereocenters. The van der Waals surface area contributed by atoms with Crippen LogP contribution in [0.4, 0.5) is 0 Å². The van der Waals surface area contributed by atoms with Gasteiger partial charge in [-0.15, -0.1) is 0 Å². The number of nitrogens with zero attached hydrogens (tertiary/aromatic N) is 2. The van der Waals surface area contributed by atoms with Crippen molar-refractivity contribution in [2.75, 3.05) is 26.2 Å². The number of benzene rings is 5. The standard InChI is InChI=1S/C39H34N2O3/c42-37-35-29(16-17-32-31-12-5-4-9-26(31)15-18-33(32)35)24-34(25-7-2-1-3-8-25)36(37)28-10-6-11-30(23-28)39(44)41-21-19-40(20-22-41)38(43)27-13-14-27/h1-12,15-18,23,27,34,36H,13-14,19-22,24H2. The van der Waals surface area contributed by atoms with Crippen molar-refractivity contribution in [2.24, 2.45) is 5.92 Å². The molecule has 2 fully saturated rings. The van der Waals surface area contributed by atoms with Gasteiger partial charge in [-0.1, -0.05) is 91.0 Å². The van der Waals surface area contributed by atoms with Crippen LogP contribution in [0.2, 0.25) is 0 Å². The van der Waals surface area contributed by atoms with Gasteiger partial charge in [0.25, 0.3) is 5.91 Å². The van der Waals surface area contributed by atoms with Crippen LogP contribution in [0.1, 0.15) is 62.1 Å². The van der Waals surface area contributed by atoms with Gasteiger partial charge >= 0.3 is 0 Å². The average Bonchev–Trinajstić information content (AvgIpc) is 3.93. The Morgan fingerprint density at radius 1 is 0.636 bits per heavy atom. The highest BCUT2D eigenvalue weighted by molar-refractivity contribution is 6.18. The number of hydrogen-bond acceptors (Lipinski definition) is 3. The highest BCUT2D eigenvalue weighted by atomic mass is 16.2. The summed E-state index contributed by atoms with van der Waals surface area (Å²) in [6.07, 6.45) is 2.73. The Labute approximate surface area is 257 Å². The number of Topliss-reactive ketones (excluding diaryl/α,β-unsaturated/α-hetero) is 1. The zero-order valence-electron chi connectivity index (χ0n) is 24.6. The summed E-state index contributed by atoms with van der Waals surface area (Å²) >= 11 is 0. The topological polar surface area (TPSA) is 57.7 Å². The SMILES string of the molecule is O=C1c2c(ccc3c2ccc2ccccc23)CC(c2ccccc2)C1c1cccc(C(=O)N2CCN(C(=O)C3CC3)CC2)c1. The number of rotatable bonds is 4. The molecule has 0 spiro atoms. The predicted molar refractivity (Wildman–Crippen MR) is 173 cm³/mol. The molecule has 3 aliphatic rings. The van der Waals surface area contributed by atoms with Gasteiger partial charge in [0.2, 0.25) is 5.91 Å². The summed E-state index contributed by atoms with van der Waals surface area (Å²) in [5.41, 5.74) is 4.48. The second-order valence-corrected chi connectivity index (χ2v) is 12.6. The second kappa shape index (κ2) is 10.7. The van der Waals surface area contributed by atoms with E-state index >= 15 is 0 Å². The van der Waals surface area contributed by atoms with Crippen LogP contribution in [0.5, 0.6) is 0 Å². The first kappa shape index (κ1) is 26.8. The van der Waals surface area contributed by atoms with Gasteiger partial charge in [0.05, 0.1) is 5.92 Å². The van der Waals surface area contributed by atoms with E-state index in [1.165, 1.54) is 0 Å². The van der Waals surface area contributed by atoms with Crippen molar-refractivity contribution in [2.45, 2.75) is 31.1 Å². The van der Waals surface area contributed by atoms with Gasteiger partial charge in [0.15, 0.2) is 5.78 Å². The van der Waals surface area contributed by atoms with E-state index in [0.717, 1.165) is 63.1 Å². The Bertz CT molecular complexity index is 1940. The van der Waals surface area contributed by atoms with E-state index in [1.807, 2.05) is 64.4 Å². The Morgan fingerprint density at radius 3 is 2.14 bits per heavy atom. The highest BCUT2D eigenvalue weighted by Gasteiger charge is 2.39. The molecule has 1 aliphatic heterocycles. The number of carbonyl (C=O) groups excluding carboxylic acids is 3. The van der Waals surface area contributed by atoms with Crippen LogP contribution in [-0.4, -0.2) is 53.6 Å². The maximum atomic E-state index is 14.8. The number of hydrogen-bond donors (Lipinski definition) is 0. The highest BCUT2D eigenvalue weighted by Crippen LogP contribution is 2.45. The molecule has 218 valence electrons. The second-order valence-electron chi connectivity index (χ2n) is 12.6. The van der Waals surface area contributed by atoms with Crippen LogP contribution in [0, 0.1) is 5.92 Å². The molecule has 1 heterocycles. The van der Waals surface area contributed by atoms with E-state index in [-0.39, 0.29) is 29.4 Å². The van der Waals surface area contributed by atoms with Crippen molar-refractivity contribution in [3.8, 4) is 0 Å². The van der Waals surface area contributed by atoms with Crippen molar-refractivity contribution in [3.05, 3.63) is 131 Å². The Kier molecular flexibility index (Phi) is 6.55. The van der Waals surface area contributed by atoms with E-state index in [0.29, 0.717) is 31.7 Å². The van der Waals surface area contributed by atoms with Crippen LogP contribution in [0.25, 0.3) is 21.5 Å². The van der Waals surface area contributed by atoms with Gasteiger partial charge < -0.3 is 9.80 Å². The minimum Gasteiger partial charge on any atom is -0.339 e. The molecule has 0 N–H and O–H groups in total. The largest absolute Gasteiger partial charge is 0.339 e. The Morgan fingerprint density at radius 2 is 1.34 bits per heavy atom. The lowest BCUT2D eigenvalue weighted by Crippen LogP contribution is -2.51. The smallest absolute Gasteiger partial charge is 0.253 e. The maximum Gasteiger partial charge on any atom is 0.253 e. The summed E-state index contributed by atoms with van der Waals surface area (Å²) < 4.78 is 0. The molecule has 0 bridgehead atoms. The van der Waals surface area contributed by atoms with Crippen molar-refractivity contribution < 1.29 is 14.4 Å². The summed E-state index contributed by atoms with van der Waals surface area (Å²) in [7, 11) is 0. The van der Waals surface area contributed by atoms with Crippen LogP contribution in [0.15, 0.2) is 103 Å². The van der Waals surface area contributed by atoms with Gasteiger partial charge in [-0.05, 0) is 69.6 Å². The normalized spacial score (nSPS) is 20.1. The van der Waals surface area contributed by atoms with Gasteiger partial charge in [0.1, 0.15) is 0 Å². The molecule has 8 rings (SSSR count). The molecule has 1 saturated carbocycles. The van der Waals surface area contributed by atoms with Crippen molar-refractivity contribution in [1.82, 2.24) is 9.80 Å². The molecule has 5 aromatic carbocycles. The fourth-order valence-corrected chi connectivity index (χ4v) is 7.45. The molecule has 2 amide bonds. The zero-order valence-corrected chi connectivity index (χ0v) is 24.6. The number of carbonyl (C=O) groups is 3. The van der Waals surface area contributed by atoms with E-state index in [9.17, 15) is 14.4 Å². The minimum absolute atomic E-state index is 0.0396. The molecule has 5 aromatic rings. The monoisotopic (exact) mass is 578 g/mol. The third-order valence-corrected chi connectivity index (χ3v) is 9.91. The lowest BCUT2D eigenvalue weighted by Gasteiger charge is -2.35.